The molecular formula is C10H10ClNO2. The molecule has 0 fully saturated rings. The number of hydrogen-bond acceptors (Lipinski definition) is 2. The maximum absolute atomic E-state index is 11.0. The molecule has 14 heavy (non-hydrogen) atoms. The summed E-state index contributed by atoms with van der Waals surface area (Å²) in [4.78, 5) is 11.0. The molecule has 4 heteroatoms. The number of nitrogens with one attached hydrogen (secondary N) is 1. The van der Waals surface area contributed by atoms with Gasteiger partial charge >= 0.3 is 5.97 Å². The summed E-state index contributed by atoms with van der Waals surface area (Å²) < 4.78 is 0. The van der Waals surface area contributed by atoms with Crippen LogP contribution in [-0.2, 0) is 4.79 Å². The van der Waals surface area contributed by atoms with Crippen molar-refractivity contribution in [2.75, 3.05) is 11.9 Å². The largest absolute Gasteiger partial charge is 0.481 e. The van der Waals surface area contributed by atoms with Gasteiger partial charge in [-0.2, -0.15) is 0 Å². The molecule has 1 aliphatic heterocycles. The number of halogens is 1. The van der Waals surface area contributed by atoms with Crippen LogP contribution in [0.1, 0.15) is 17.9 Å². The van der Waals surface area contributed by atoms with Crippen molar-refractivity contribution in [2.24, 2.45) is 0 Å². The molecule has 0 saturated carbocycles. The minimum absolute atomic E-state index is 0.426. The Bertz CT molecular complexity index is 378. The molecule has 3 nitrogen and oxygen atoms in total. The van der Waals surface area contributed by atoms with Gasteiger partial charge in [-0.25, -0.2) is 0 Å². The number of fused-ring (bicyclic) bond motifs is 1. The zero-order chi connectivity index (χ0) is 10.1. The molecule has 0 aliphatic carbocycles. The normalized spacial score (nSPS) is 19.6. The minimum atomic E-state index is -0.782. The summed E-state index contributed by atoms with van der Waals surface area (Å²) >= 11 is 5.83. The smallest absolute Gasteiger partial charge is 0.311 e. The monoisotopic (exact) mass is 211 g/mol. The molecule has 0 saturated heterocycles. The predicted octanol–water partition coefficient (Wildman–Crippen LogP) is 2.32. The van der Waals surface area contributed by atoms with Gasteiger partial charge in [-0.1, -0.05) is 11.6 Å². The Labute approximate surface area is 86.7 Å². The van der Waals surface area contributed by atoms with E-state index in [1.54, 1.807) is 12.1 Å². The lowest BCUT2D eigenvalue weighted by molar-refractivity contribution is -0.138. The molecule has 1 aromatic rings. The van der Waals surface area contributed by atoms with Crippen LogP contribution >= 0.6 is 11.6 Å². The van der Waals surface area contributed by atoms with Crippen molar-refractivity contribution in [1.82, 2.24) is 0 Å². The van der Waals surface area contributed by atoms with Crippen LogP contribution in [0.5, 0.6) is 0 Å². The molecule has 0 aromatic heterocycles. The number of rotatable bonds is 1. The number of benzene rings is 1. The molecule has 0 bridgehead atoms. The molecule has 74 valence electrons. The first-order chi connectivity index (χ1) is 6.68. The van der Waals surface area contributed by atoms with Crippen LogP contribution in [0.2, 0.25) is 5.02 Å². The average Bonchev–Trinajstić information content (AvgIpc) is 2.16. The quantitative estimate of drug-likeness (QED) is 0.750. The topological polar surface area (TPSA) is 49.3 Å². The maximum atomic E-state index is 11.0. The van der Waals surface area contributed by atoms with Crippen molar-refractivity contribution < 1.29 is 9.90 Å². The van der Waals surface area contributed by atoms with E-state index in [-0.39, 0.29) is 0 Å². The number of anilines is 1. The molecule has 1 heterocycles. The van der Waals surface area contributed by atoms with Crippen LogP contribution in [0, 0.1) is 0 Å². The SMILES string of the molecule is O=C(O)C1CCNc2ccc(Cl)cc21. The van der Waals surface area contributed by atoms with Crippen LogP contribution < -0.4 is 5.32 Å². The van der Waals surface area contributed by atoms with Gasteiger partial charge in [0.1, 0.15) is 0 Å². The fourth-order valence-electron chi connectivity index (χ4n) is 1.75. The van der Waals surface area contributed by atoms with Gasteiger partial charge in [-0.05, 0) is 30.2 Å². The van der Waals surface area contributed by atoms with Crippen molar-refractivity contribution in [3.8, 4) is 0 Å². The Hall–Kier alpha value is -1.22. The Morgan fingerprint density at radius 2 is 2.36 bits per heavy atom. The van der Waals surface area contributed by atoms with Gasteiger partial charge in [0.2, 0.25) is 0 Å². The van der Waals surface area contributed by atoms with Crippen molar-refractivity contribution in [1.29, 1.82) is 0 Å². The fourth-order valence-corrected chi connectivity index (χ4v) is 1.93. The van der Waals surface area contributed by atoms with Gasteiger partial charge in [-0.3, -0.25) is 4.79 Å². The molecule has 1 aromatic carbocycles. The number of hydrogen-bond donors (Lipinski definition) is 2. The second kappa shape index (κ2) is 3.50. The first-order valence-electron chi connectivity index (χ1n) is 4.44. The van der Waals surface area contributed by atoms with Crippen LogP contribution in [-0.4, -0.2) is 17.6 Å². The van der Waals surface area contributed by atoms with Crippen LogP contribution in [0.15, 0.2) is 18.2 Å². The summed E-state index contributed by atoms with van der Waals surface area (Å²) in [5.41, 5.74) is 1.67. The summed E-state index contributed by atoms with van der Waals surface area (Å²) in [5, 5.41) is 12.7. The summed E-state index contributed by atoms with van der Waals surface area (Å²) in [6, 6.07) is 5.31. The third-order valence-corrected chi connectivity index (χ3v) is 2.67. The van der Waals surface area contributed by atoms with Gasteiger partial charge in [-0.15, -0.1) is 0 Å². The van der Waals surface area contributed by atoms with E-state index < -0.39 is 11.9 Å². The van der Waals surface area contributed by atoms with E-state index in [4.69, 9.17) is 16.7 Å². The summed E-state index contributed by atoms with van der Waals surface area (Å²) in [7, 11) is 0. The lowest BCUT2D eigenvalue weighted by atomic mass is 9.91. The second-order valence-electron chi connectivity index (χ2n) is 3.34. The van der Waals surface area contributed by atoms with Crippen LogP contribution in [0.25, 0.3) is 0 Å². The number of carbonyl (C=O) groups is 1. The second-order valence-corrected chi connectivity index (χ2v) is 3.77. The number of carboxylic acids is 1. The summed E-state index contributed by atoms with van der Waals surface area (Å²) in [6.45, 7) is 0.700. The van der Waals surface area contributed by atoms with E-state index >= 15 is 0 Å². The van der Waals surface area contributed by atoms with E-state index in [0.29, 0.717) is 18.0 Å². The van der Waals surface area contributed by atoms with E-state index in [0.717, 1.165) is 11.3 Å². The highest BCUT2D eigenvalue weighted by atomic mass is 35.5. The molecule has 0 spiro atoms. The standard InChI is InChI=1S/C10H10ClNO2/c11-6-1-2-9-8(5-6)7(10(13)14)3-4-12-9/h1-2,5,7,12H,3-4H2,(H,13,14). The third-order valence-electron chi connectivity index (χ3n) is 2.44. The van der Waals surface area contributed by atoms with Crippen LogP contribution in [0.3, 0.4) is 0 Å². The molecule has 0 amide bonds. The summed E-state index contributed by atoms with van der Waals surface area (Å²) in [5.74, 6) is -1.21. The summed E-state index contributed by atoms with van der Waals surface area (Å²) in [6.07, 6.45) is 0.614. The minimum Gasteiger partial charge on any atom is -0.481 e. The van der Waals surface area contributed by atoms with E-state index in [2.05, 4.69) is 5.32 Å². The molecule has 1 aliphatic rings. The van der Waals surface area contributed by atoms with Crippen LogP contribution in [0.4, 0.5) is 5.69 Å². The zero-order valence-corrected chi connectivity index (χ0v) is 8.21. The zero-order valence-electron chi connectivity index (χ0n) is 7.46. The van der Waals surface area contributed by atoms with Crippen molar-refractivity contribution in [3.05, 3.63) is 28.8 Å². The van der Waals surface area contributed by atoms with E-state index in [9.17, 15) is 4.79 Å². The van der Waals surface area contributed by atoms with Gasteiger partial charge in [0.05, 0.1) is 5.92 Å². The van der Waals surface area contributed by atoms with Crippen molar-refractivity contribution >= 4 is 23.3 Å². The number of carboxylic acid groups (broad SMARTS) is 1. The Balaban J connectivity index is 2.46. The average molecular weight is 212 g/mol. The van der Waals surface area contributed by atoms with E-state index in [1.807, 2.05) is 6.07 Å². The fraction of sp³-hybridized carbons (Fsp3) is 0.300. The highest BCUT2D eigenvalue weighted by Crippen LogP contribution is 2.33. The maximum Gasteiger partial charge on any atom is 0.311 e. The Morgan fingerprint density at radius 3 is 3.07 bits per heavy atom. The number of aliphatic carboxylic acids is 1. The molecule has 1 atom stereocenters. The first-order valence-corrected chi connectivity index (χ1v) is 4.82. The van der Waals surface area contributed by atoms with Crippen molar-refractivity contribution in [2.45, 2.75) is 12.3 Å². The molecule has 2 rings (SSSR count). The molecule has 0 radical (unpaired) electrons. The molecule has 2 N–H and O–H groups in total. The Kier molecular flexibility index (Phi) is 2.33. The highest BCUT2D eigenvalue weighted by Gasteiger charge is 2.25. The van der Waals surface area contributed by atoms with Gasteiger partial charge < -0.3 is 10.4 Å². The first kappa shape index (κ1) is 9.34. The van der Waals surface area contributed by atoms with E-state index in [1.165, 1.54) is 0 Å². The third kappa shape index (κ3) is 1.55. The predicted molar refractivity (Wildman–Crippen MR) is 54.9 cm³/mol. The van der Waals surface area contributed by atoms with Gasteiger partial charge in [0.15, 0.2) is 0 Å². The van der Waals surface area contributed by atoms with Crippen molar-refractivity contribution in [3.63, 3.8) is 0 Å². The van der Waals surface area contributed by atoms with Gasteiger partial charge in [0, 0.05) is 17.3 Å². The Morgan fingerprint density at radius 1 is 1.57 bits per heavy atom. The molecule has 1 unspecified atom stereocenters. The lowest BCUT2D eigenvalue weighted by Gasteiger charge is -2.23. The lowest BCUT2D eigenvalue weighted by Crippen LogP contribution is -2.22. The van der Waals surface area contributed by atoms with Gasteiger partial charge in [0.25, 0.3) is 0 Å². The molecular weight excluding hydrogens is 202 g/mol. The highest BCUT2D eigenvalue weighted by molar-refractivity contribution is 6.30.